The van der Waals surface area contributed by atoms with Gasteiger partial charge in [0.15, 0.2) is 0 Å². The lowest BCUT2D eigenvalue weighted by atomic mass is 10.1. The minimum absolute atomic E-state index is 0.502. The minimum Gasteiger partial charge on any atom is -0.352 e. The molecule has 1 atom stereocenters. The van der Waals surface area contributed by atoms with Crippen LogP contribution in [-0.4, -0.2) is 47.6 Å². The zero-order chi connectivity index (χ0) is 13.1. The third-order valence-electron chi connectivity index (χ3n) is 3.64. The van der Waals surface area contributed by atoms with Crippen LogP contribution in [0.15, 0.2) is 6.33 Å². The molecule has 0 aromatic carbocycles. The summed E-state index contributed by atoms with van der Waals surface area (Å²) >= 11 is 6.11. The van der Waals surface area contributed by atoms with Crippen molar-refractivity contribution in [3.63, 3.8) is 0 Å². The quantitative estimate of drug-likeness (QED) is 0.771. The van der Waals surface area contributed by atoms with Crippen LogP contribution in [0.2, 0.25) is 5.15 Å². The van der Waals surface area contributed by atoms with Crippen molar-refractivity contribution in [2.75, 3.05) is 31.6 Å². The molecular weight excluding hydrogens is 248 g/mol. The Balaban J connectivity index is 2.31. The lowest BCUT2D eigenvalue weighted by molar-refractivity contribution is 0.327. The molecule has 2 heterocycles. The topological polar surface area (TPSA) is 32.3 Å². The van der Waals surface area contributed by atoms with Crippen molar-refractivity contribution in [2.24, 2.45) is 0 Å². The van der Waals surface area contributed by atoms with Gasteiger partial charge in [-0.05, 0) is 33.4 Å². The molecule has 18 heavy (non-hydrogen) atoms. The van der Waals surface area contributed by atoms with E-state index in [1.165, 1.54) is 0 Å². The Morgan fingerprint density at radius 2 is 2.17 bits per heavy atom. The highest BCUT2D eigenvalue weighted by Crippen LogP contribution is 2.26. The first-order valence-electron chi connectivity index (χ1n) is 6.55. The summed E-state index contributed by atoms with van der Waals surface area (Å²) in [4.78, 5) is 13.3. The number of aromatic nitrogens is 2. The molecule has 5 heteroatoms. The average Bonchev–Trinajstić information content (AvgIpc) is 2.54. The fourth-order valence-corrected chi connectivity index (χ4v) is 2.71. The molecule has 1 aromatic rings. The molecule has 0 aliphatic carbocycles. The lowest BCUT2D eigenvalue weighted by Gasteiger charge is -2.32. The zero-order valence-corrected chi connectivity index (χ0v) is 12.1. The maximum atomic E-state index is 6.11. The van der Waals surface area contributed by atoms with Gasteiger partial charge in [-0.2, -0.15) is 0 Å². The van der Waals surface area contributed by atoms with E-state index >= 15 is 0 Å². The van der Waals surface area contributed by atoms with Gasteiger partial charge in [-0.15, -0.1) is 0 Å². The van der Waals surface area contributed by atoms with Crippen LogP contribution in [0.5, 0.6) is 0 Å². The molecule has 100 valence electrons. The fraction of sp³-hybridized carbons (Fsp3) is 0.692. The zero-order valence-electron chi connectivity index (χ0n) is 11.4. The van der Waals surface area contributed by atoms with Gasteiger partial charge in [0.05, 0.1) is 0 Å². The SMILES string of the molecule is CCC1CN(C)CCCN1c1ncnc(Cl)c1C. The summed E-state index contributed by atoms with van der Waals surface area (Å²) in [5, 5.41) is 0.562. The van der Waals surface area contributed by atoms with E-state index in [0.29, 0.717) is 11.2 Å². The Bertz CT molecular complexity index is 410. The molecule has 0 saturated carbocycles. The summed E-state index contributed by atoms with van der Waals surface area (Å²) < 4.78 is 0. The van der Waals surface area contributed by atoms with E-state index < -0.39 is 0 Å². The molecule has 1 aliphatic heterocycles. The van der Waals surface area contributed by atoms with Gasteiger partial charge in [-0.1, -0.05) is 18.5 Å². The van der Waals surface area contributed by atoms with Gasteiger partial charge in [0.2, 0.25) is 0 Å². The van der Waals surface area contributed by atoms with Crippen LogP contribution in [0.4, 0.5) is 5.82 Å². The number of nitrogens with zero attached hydrogens (tertiary/aromatic N) is 4. The van der Waals surface area contributed by atoms with Crippen molar-refractivity contribution in [2.45, 2.75) is 32.7 Å². The van der Waals surface area contributed by atoms with Crippen LogP contribution >= 0.6 is 11.6 Å². The Labute approximate surface area is 114 Å². The fourth-order valence-electron chi connectivity index (χ4n) is 2.58. The van der Waals surface area contributed by atoms with E-state index in [1.807, 2.05) is 6.92 Å². The van der Waals surface area contributed by atoms with Gasteiger partial charge >= 0.3 is 0 Å². The van der Waals surface area contributed by atoms with Crippen LogP contribution in [0.3, 0.4) is 0 Å². The van der Waals surface area contributed by atoms with E-state index in [1.54, 1.807) is 6.33 Å². The number of likely N-dealkylation sites (N-methyl/N-ethyl adjacent to an activating group) is 1. The van der Waals surface area contributed by atoms with Crippen molar-refractivity contribution >= 4 is 17.4 Å². The first-order valence-corrected chi connectivity index (χ1v) is 6.93. The van der Waals surface area contributed by atoms with E-state index in [0.717, 1.165) is 43.9 Å². The highest BCUT2D eigenvalue weighted by molar-refractivity contribution is 6.30. The molecule has 0 amide bonds. The van der Waals surface area contributed by atoms with Gasteiger partial charge in [0.1, 0.15) is 17.3 Å². The maximum absolute atomic E-state index is 6.11. The van der Waals surface area contributed by atoms with E-state index in [9.17, 15) is 0 Å². The van der Waals surface area contributed by atoms with Crippen LogP contribution in [0.1, 0.15) is 25.3 Å². The molecule has 1 aliphatic rings. The molecule has 0 spiro atoms. The van der Waals surface area contributed by atoms with E-state index in [4.69, 9.17) is 11.6 Å². The monoisotopic (exact) mass is 268 g/mol. The standard InChI is InChI=1S/C13H21ClN4/c1-4-11-8-17(3)6-5-7-18(11)13-10(2)12(14)15-9-16-13/h9,11H,4-8H2,1-3H3. The second-order valence-electron chi connectivity index (χ2n) is 4.98. The largest absolute Gasteiger partial charge is 0.352 e. The van der Waals surface area contributed by atoms with Crippen molar-refractivity contribution in [1.82, 2.24) is 14.9 Å². The van der Waals surface area contributed by atoms with Gasteiger partial charge in [-0.25, -0.2) is 9.97 Å². The second-order valence-corrected chi connectivity index (χ2v) is 5.34. The maximum Gasteiger partial charge on any atom is 0.137 e. The molecule has 4 nitrogen and oxygen atoms in total. The smallest absolute Gasteiger partial charge is 0.137 e. The minimum atomic E-state index is 0.502. The summed E-state index contributed by atoms with van der Waals surface area (Å²) in [6, 6.07) is 0.502. The normalized spacial score (nSPS) is 22.0. The first kappa shape index (κ1) is 13.6. The Hall–Kier alpha value is -0.870. The predicted octanol–water partition coefficient (Wildman–Crippen LogP) is 2.36. The van der Waals surface area contributed by atoms with Crippen molar-refractivity contribution in [1.29, 1.82) is 0 Å². The van der Waals surface area contributed by atoms with E-state index in [2.05, 4.69) is 33.7 Å². The van der Waals surface area contributed by atoms with Gasteiger partial charge < -0.3 is 9.80 Å². The number of halogens is 1. The molecule has 1 unspecified atom stereocenters. The third-order valence-corrected chi connectivity index (χ3v) is 4.02. The number of hydrogen-bond donors (Lipinski definition) is 0. The second kappa shape index (κ2) is 5.85. The first-order chi connectivity index (χ1) is 8.63. The van der Waals surface area contributed by atoms with Gasteiger partial charge in [0.25, 0.3) is 0 Å². The summed E-state index contributed by atoms with van der Waals surface area (Å²) in [6.45, 7) is 7.49. The number of anilines is 1. The molecule has 2 rings (SSSR count). The van der Waals surface area contributed by atoms with Crippen LogP contribution in [-0.2, 0) is 0 Å². The van der Waals surface area contributed by atoms with E-state index in [-0.39, 0.29) is 0 Å². The van der Waals surface area contributed by atoms with Crippen LogP contribution < -0.4 is 4.90 Å². The van der Waals surface area contributed by atoms with Crippen molar-refractivity contribution < 1.29 is 0 Å². The number of rotatable bonds is 2. The molecule has 1 saturated heterocycles. The molecule has 1 fully saturated rings. The van der Waals surface area contributed by atoms with Gasteiger partial charge in [-0.3, -0.25) is 0 Å². The lowest BCUT2D eigenvalue weighted by Crippen LogP contribution is -2.40. The van der Waals surface area contributed by atoms with Crippen LogP contribution in [0, 0.1) is 6.92 Å². The third kappa shape index (κ3) is 2.75. The predicted molar refractivity (Wildman–Crippen MR) is 75.3 cm³/mol. The highest BCUT2D eigenvalue weighted by atomic mass is 35.5. The summed E-state index contributed by atoms with van der Waals surface area (Å²) in [7, 11) is 2.19. The Kier molecular flexibility index (Phi) is 4.40. The highest BCUT2D eigenvalue weighted by Gasteiger charge is 2.24. The molecule has 0 N–H and O–H groups in total. The van der Waals surface area contributed by atoms with Crippen molar-refractivity contribution in [3.8, 4) is 0 Å². The molecule has 0 bridgehead atoms. The number of hydrogen-bond acceptors (Lipinski definition) is 4. The molecule has 0 radical (unpaired) electrons. The van der Waals surface area contributed by atoms with Crippen LogP contribution in [0.25, 0.3) is 0 Å². The molecule has 1 aromatic heterocycles. The average molecular weight is 269 g/mol. The summed E-state index contributed by atoms with van der Waals surface area (Å²) in [5.74, 6) is 0.997. The van der Waals surface area contributed by atoms with Gasteiger partial charge in [0, 0.05) is 24.7 Å². The molecular formula is C13H21ClN4. The Morgan fingerprint density at radius 3 is 2.89 bits per heavy atom. The summed E-state index contributed by atoms with van der Waals surface area (Å²) in [6.07, 6.45) is 3.84. The van der Waals surface area contributed by atoms with Crippen molar-refractivity contribution in [3.05, 3.63) is 17.0 Å². The summed E-state index contributed by atoms with van der Waals surface area (Å²) in [5.41, 5.74) is 0.988. The Morgan fingerprint density at radius 1 is 1.39 bits per heavy atom.